The minimum Gasteiger partial charge on any atom is -0.338 e. The van der Waals surface area contributed by atoms with E-state index in [2.05, 4.69) is 0 Å². The molecule has 0 bridgehead atoms. The average Bonchev–Trinajstić information content (AvgIpc) is 2.45. The fraction of sp³-hybridized carbons (Fsp3) is 0.500. The Hall–Kier alpha value is -1.58. The van der Waals surface area contributed by atoms with Crippen molar-refractivity contribution in [2.75, 3.05) is 26.2 Å². The number of piperazine rings is 1. The summed E-state index contributed by atoms with van der Waals surface area (Å²) in [5.41, 5.74) is 4.71. The van der Waals surface area contributed by atoms with Crippen molar-refractivity contribution < 1.29 is 22.0 Å². The van der Waals surface area contributed by atoms with Gasteiger partial charge in [0, 0.05) is 32.2 Å². The summed E-state index contributed by atoms with van der Waals surface area (Å²) in [6.45, 7) is 3.55. The molecule has 9 heteroatoms. The number of hydrogen-bond donors (Lipinski definition) is 1. The monoisotopic (exact) mass is 347 g/mol. The Balaban J connectivity index is 2.14. The Labute approximate surface area is 133 Å². The predicted octanol–water partition coefficient (Wildman–Crippen LogP) is 0.535. The minimum atomic E-state index is -4.07. The molecule has 1 aromatic carbocycles. The fourth-order valence-electron chi connectivity index (χ4n) is 2.36. The van der Waals surface area contributed by atoms with Gasteiger partial charge in [-0.1, -0.05) is 0 Å². The molecule has 2 N–H and O–H groups in total. The lowest BCUT2D eigenvalue weighted by Crippen LogP contribution is -2.57. The van der Waals surface area contributed by atoms with Crippen LogP contribution in [0.25, 0.3) is 0 Å². The topological polar surface area (TPSA) is 83.7 Å². The number of benzene rings is 1. The Bertz CT molecular complexity index is 708. The average molecular weight is 347 g/mol. The number of halogens is 2. The number of sulfonamides is 1. The van der Waals surface area contributed by atoms with E-state index in [-0.39, 0.29) is 32.1 Å². The van der Waals surface area contributed by atoms with Crippen LogP contribution in [-0.2, 0) is 14.8 Å². The molecule has 2 rings (SSSR count). The number of nitrogens with two attached hydrogens (primary N) is 1. The highest BCUT2D eigenvalue weighted by Gasteiger charge is 2.35. The lowest BCUT2D eigenvalue weighted by molar-refractivity contribution is -0.137. The third kappa shape index (κ3) is 3.67. The first-order valence-electron chi connectivity index (χ1n) is 7.07. The minimum absolute atomic E-state index is 0.0287. The van der Waals surface area contributed by atoms with Crippen molar-refractivity contribution >= 4 is 15.9 Å². The maximum absolute atomic E-state index is 13.7. The molecule has 1 aromatic rings. The van der Waals surface area contributed by atoms with E-state index in [4.69, 9.17) is 5.73 Å². The van der Waals surface area contributed by atoms with Gasteiger partial charge in [0.25, 0.3) is 0 Å². The van der Waals surface area contributed by atoms with E-state index in [1.165, 1.54) is 4.90 Å². The second-order valence-electron chi connectivity index (χ2n) is 5.99. The highest BCUT2D eigenvalue weighted by atomic mass is 32.2. The zero-order valence-electron chi connectivity index (χ0n) is 12.9. The number of nitrogens with zero attached hydrogens (tertiary/aromatic N) is 2. The summed E-state index contributed by atoms with van der Waals surface area (Å²) in [6, 6.07) is 2.33. The van der Waals surface area contributed by atoms with Gasteiger partial charge < -0.3 is 10.6 Å². The van der Waals surface area contributed by atoms with Gasteiger partial charge in [0.05, 0.1) is 5.54 Å². The highest BCUT2D eigenvalue weighted by molar-refractivity contribution is 7.89. The number of carbonyl (C=O) groups is 1. The summed E-state index contributed by atoms with van der Waals surface area (Å²) < 4.78 is 52.6. The van der Waals surface area contributed by atoms with Gasteiger partial charge in [-0.2, -0.15) is 4.31 Å². The zero-order chi connectivity index (χ0) is 17.4. The molecule has 0 aliphatic carbocycles. The molecule has 1 heterocycles. The quantitative estimate of drug-likeness (QED) is 0.865. The molecule has 1 saturated heterocycles. The molecule has 0 spiro atoms. The molecule has 23 heavy (non-hydrogen) atoms. The lowest BCUT2D eigenvalue weighted by atomic mass is 10.1. The molecular formula is C14H19F2N3O3S. The van der Waals surface area contributed by atoms with Crippen LogP contribution in [-0.4, -0.2) is 55.2 Å². The standard InChI is InChI=1S/C14H19F2N3O3S/c1-14(2,17)13(20)18-5-7-19(8-6-18)23(21,22)12-4-3-10(15)9-11(12)16/h3-4,9H,5-8,17H2,1-2H3. The molecule has 0 saturated carbocycles. The van der Waals surface area contributed by atoms with Gasteiger partial charge in [-0.15, -0.1) is 0 Å². The summed E-state index contributed by atoms with van der Waals surface area (Å²) in [5.74, 6) is -2.25. The van der Waals surface area contributed by atoms with E-state index in [1.54, 1.807) is 13.8 Å². The fourth-order valence-corrected chi connectivity index (χ4v) is 3.83. The summed E-state index contributed by atoms with van der Waals surface area (Å²) in [7, 11) is -4.07. The molecule has 128 valence electrons. The van der Waals surface area contributed by atoms with Gasteiger partial charge in [-0.05, 0) is 26.0 Å². The molecule has 1 amide bonds. The number of carbonyl (C=O) groups excluding carboxylic acids is 1. The molecule has 6 nitrogen and oxygen atoms in total. The molecular weight excluding hydrogens is 328 g/mol. The van der Waals surface area contributed by atoms with Crippen molar-refractivity contribution in [3.05, 3.63) is 29.8 Å². The van der Waals surface area contributed by atoms with Gasteiger partial charge in [0.2, 0.25) is 15.9 Å². The van der Waals surface area contributed by atoms with Crippen LogP contribution in [0.2, 0.25) is 0 Å². The van der Waals surface area contributed by atoms with Crippen molar-refractivity contribution in [3.8, 4) is 0 Å². The first kappa shape index (κ1) is 17.8. The van der Waals surface area contributed by atoms with E-state index in [9.17, 15) is 22.0 Å². The van der Waals surface area contributed by atoms with Crippen molar-refractivity contribution in [2.24, 2.45) is 5.73 Å². The van der Waals surface area contributed by atoms with Gasteiger partial charge in [-0.3, -0.25) is 4.79 Å². The van der Waals surface area contributed by atoms with Gasteiger partial charge in [0.15, 0.2) is 0 Å². The summed E-state index contributed by atoms with van der Waals surface area (Å²) >= 11 is 0. The third-order valence-electron chi connectivity index (χ3n) is 3.59. The molecule has 1 aliphatic heterocycles. The Morgan fingerprint density at radius 2 is 1.74 bits per heavy atom. The predicted molar refractivity (Wildman–Crippen MR) is 80.0 cm³/mol. The first-order valence-corrected chi connectivity index (χ1v) is 8.51. The van der Waals surface area contributed by atoms with Gasteiger partial charge in [-0.25, -0.2) is 17.2 Å². The van der Waals surface area contributed by atoms with E-state index >= 15 is 0 Å². The number of rotatable bonds is 3. The smallest absolute Gasteiger partial charge is 0.246 e. The summed E-state index contributed by atoms with van der Waals surface area (Å²) in [4.78, 5) is 13.0. The highest BCUT2D eigenvalue weighted by Crippen LogP contribution is 2.22. The maximum atomic E-state index is 13.7. The van der Waals surface area contributed by atoms with E-state index < -0.39 is 32.1 Å². The molecule has 1 fully saturated rings. The van der Waals surface area contributed by atoms with Crippen LogP contribution >= 0.6 is 0 Å². The largest absolute Gasteiger partial charge is 0.338 e. The van der Waals surface area contributed by atoms with Crippen LogP contribution < -0.4 is 5.73 Å². The Morgan fingerprint density at radius 1 is 1.17 bits per heavy atom. The SMILES string of the molecule is CC(C)(N)C(=O)N1CCN(S(=O)(=O)c2ccc(F)cc2F)CC1. The van der Waals surface area contributed by atoms with Crippen molar-refractivity contribution in [3.63, 3.8) is 0 Å². The molecule has 1 aliphatic rings. The van der Waals surface area contributed by atoms with Gasteiger partial charge >= 0.3 is 0 Å². The van der Waals surface area contributed by atoms with Crippen LogP contribution in [0, 0.1) is 11.6 Å². The molecule has 0 radical (unpaired) electrons. The first-order chi connectivity index (χ1) is 10.5. The van der Waals surface area contributed by atoms with Crippen LogP contribution in [0.4, 0.5) is 8.78 Å². The Morgan fingerprint density at radius 3 is 2.22 bits per heavy atom. The second kappa shape index (κ2) is 6.14. The molecule has 0 unspecified atom stereocenters. The number of amides is 1. The summed E-state index contributed by atoms with van der Waals surface area (Å²) in [6.07, 6.45) is 0. The summed E-state index contributed by atoms with van der Waals surface area (Å²) in [5, 5.41) is 0. The zero-order valence-corrected chi connectivity index (χ0v) is 13.7. The van der Waals surface area contributed by atoms with E-state index in [0.717, 1.165) is 16.4 Å². The Kier molecular flexibility index (Phi) is 4.74. The van der Waals surface area contributed by atoms with Gasteiger partial charge in [0.1, 0.15) is 16.5 Å². The van der Waals surface area contributed by atoms with Crippen LogP contribution in [0.5, 0.6) is 0 Å². The van der Waals surface area contributed by atoms with Crippen molar-refractivity contribution in [1.29, 1.82) is 0 Å². The van der Waals surface area contributed by atoms with Crippen LogP contribution in [0.3, 0.4) is 0 Å². The lowest BCUT2D eigenvalue weighted by Gasteiger charge is -2.36. The van der Waals surface area contributed by atoms with Crippen LogP contribution in [0.15, 0.2) is 23.1 Å². The van der Waals surface area contributed by atoms with Crippen LogP contribution in [0.1, 0.15) is 13.8 Å². The normalized spacial score (nSPS) is 17.3. The van der Waals surface area contributed by atoms with E-state index in [0.29, 0.717) is 6.07 Å². The van der Waals surface area contributed by atoms with E-state index in [1.807, 2.05) is 0 Å². The third-order valence-corrected chi connectivity index (χ3v) is 5.52. The molecule has 0 atom stereocenters. The van der Waals surface area contributed by atoms with Crippen molar-refractivity contribution in [2.45, 2.75) is 24.3 Å². The maximum Gasteiger partial charge on any atom is 0.246 e. The van der Waals surface area contributed by atoms with Crippen molar-refractivity contribution in [1.82, 2.24) is 9.21 Å². The second-order valence-corrected chi connectivity index (χ2v) is 7.90. The number of hydrogen-bond acceptors (Lipinski definition) is 4. The molecule has 0 aromatic heterocycles.